The quantitative estimate of drug-likeness (QED) is 0.613. The Bertz CT molecular complexity index is 552. The van der Waals surface area contributed by atoms with Gasteiger partial charge in [-0.1, -0.05) is 25.5 Å². The molecular formula is C16H20N2O2. The SMILES string of the molecule is Cc1ccc(N=C=O)c(C(=O)N2C[C@H](C)C[C@H](C)C2)c1. The number of carbonyl (C=O) groups is 1. The van der Waals surface area contributed by atoms with E-state index in [2.05, 4.69) is 18.8 Å². The van der Waals surface area contributed by atoms with Crippen LogP contribution >= 0.6 is 0 Å². The molecule has 2 rings (SSSR count). The molecule has 0 aliphatic carbocycles. The van der Waals surface area contributed by atoms with Crippen LogP contribution in [0, 0.1) is 18.8 Å². The highest BCUT2D eigenvalue weighted by Gasteiger charge is 2.27. The highest BCUT2D eigenvalue weighted by Crippen LogP contribution is 2.26. The van der Waals surface area contributed by atoms with Crippen molar-refractivity contribution in [1.82, 2.24) is 4.90 Å². The van der Waals surface area contributed by atoms with E-state index in [1.54, 1.807) is 12.1 Å². The number of piperidine rings is 1. The molecular weight excluding hydrogens is 252 g/mol. The maximum atomic E-state index is 12.7. The van der Waals surface area contributed by atoms with Gasteiger partial charge in [0, 0.05) is 13.1 Å². The second-order valence-corrected chi connectivity index (χ2v) is 5.88. The fourth-order valence-corrected chi connectivity index (χ4v) is 2.97. The Morgan fingerprint density at radius 1 is 1.30 bits per heavy atom. The molecule has 1 fully saturated rings. The maximum absolute atomic E-state index is 12.7. The molecule has 0 saturated carbocycles. The van der Waals surface area contributed by atoms with E-state index >= 15 is 0 Å². The van der Waals surface area contributed by atoms with Gasteiger partial charge in [0.2, 0.25) is 6.08 Å². The molecule has 0 spiro atoms. The van der Waals surface area contributed by atoms with Crippen molar-refractivity contribution in [2.45, 2.75) is 27.2 Å². The lowest BCUT2D eigenvalue weighted by atomic mass is 9.91. The van der Waals surface area contributed by atoms with Crippen LogP contribution in [0.1, 0.15) is 36.2 Å². The minimum absolute atomic E-state index is 0.0406. The minimum Gasteiger partial charge on any atom is -0.338 e. The van der Waals surface area contributed by atoms with Gasteiger partial charge in [-0.15, -0.1) is 0 Å². The number of carbonyl (C=O) groups excluding carboxylic acids is 2. The summed E-state index contributed by atoms with van der Waals surface area (Å²) in [5.74, 6) is 0.970. The number of benzene rings is 1. The summed E-state index contributed by atoms with van der Waals surface area (Å²) in [4.78, 5) is 28.7. The Morgan fingerprint density at radius 3 is 2.55 bits per heavy atom. The number of nitrogens with zero attached hydrogens (tertiary/aromatic N) is 2. The predicted molar refractivity (Wildman–Crippen MR) is 77.8 cm³/mol. The summed E-state index contributed by atoms with van der Waals surface area (Å²) < 4.78 is 0. The number of amides is 1. The van der Waals surface area contributed by atoms with Crippen molar-refractivity contribution in [2.75, 3.05) is 13.1 Å². The van der Waals surface area contributed by atoms with Gasteiger partial charge in [-0.25, -0.2) is 4.79 Å². The number of hydrogen-bond acceptors (Lipinski definition) is 3. The third-order valence-electron chi connectivity index (χ3n) is 3.70. The highest BCUT2D eigenvalue weighted by molar-refractivity contribution is 5.99. The smallest absolute Gasteiger partial charge is 0.256 e. The largest absolute Gasteiger partial charge is 0.338 e. The second kappa shape index (κ2) is 6.02. The lowest BCUT2D eigenvalue weighted by Gasteiger charge is -2.35. The summed E-state index contributed by atoms with van der Waals surface area (Å²) >= 11 is 0. The molecule has 2 atom stereocenters. The molecule has 1 aliphatic rings. The zero-order chi connectivity index (χ0) is 14.7. The summed E-state index contributed by atoms with van der Waals surface area (Å²) in [5, 5.41) is 0. The van der Waals surface area contributed by atoms with Gasteiger partial charge in [0.15, 0.2) is 0 Å². The third kappa shape index (κ3) is 3.14. The summed E-state index contributed by atoms with van der Waals surface area (Å²) in [5.41, 5.74) is 1.88. The van der Waals surface area contributed by atoms with Crippen LogP contribution in [0.5, 0.6) is 0 Å². The molecule has 106 valence electrons. The van der Waals surface area contributed by atoms with Crippen molar-refractivity contribution in [2.24, 2.45) is 16.8 Å². The molecule has 1 aromatic rings. The first-order valence-corrected chi connectivity index (χ1v) is 6.99. The lowest BCUT2D eigenvalue weighted by molar-refractivity contribution is 0.0624. The van der Waals surface area contributed by atoms with Crippen molar-refractivity contribution in [3.05, 3.63) is 29.3 Å². The Labute approximate surface area is 119 Å². The summed E-state index contributed by atoms with van der Waals surface area (Å²) in [6, 6.07) is 5.33. The van der Waals surface area contributed by atoms with E-state index in [9.17, 15) is 9.59 Å². The van der Waals surface area contributed by atoms with Gasteiger partial charge in [0.1, 0.15) is 0 Å². The van der Waals surface area contributed by atoms with E-state index in [1.807, 2.05) is 17.9 Å². The fraction of sp³-hybridized carbons (Fsp3) is 0.500. The molecule has 4 nitrogen and oxygen atoms in total. The number of aliphatic imine (C=N–C) groups is 1. The van der Waals surface area contributed by atoms with Crippen LogP contribution in [-0.2, 0) is 4.79 Å². The van der Waals surface area contributed by atoms with Crippen LogP contribution in [0.15, 0.2) is 23.2 Å². The fourth-order valence-electron chi connectivity index (χ4n) is 2.97. The maximum Gasteiger partial charge on any atom is 0.256 e. The molecule has 0 N–H and O–H groups in total. The topological polar surface area (TPSA) is 49.7 Å². The van der Waals surface area contributed by atoms with E-state index in [1.165, 1.54) is 6.08 Å². The highest BCUT2D eigenvalue weighted by atomic mass is 16.2. The molecule has 1 aromatic carbocycles. The number of isocyanates is 1. The van der Waals surface area contributed by atoms with Crippen LogP contribution in [0.3, 0.4) is 0 Å². The minimum atomic E-state index is -0.0406. The number of rotatable bonds is 2. The first-order chi connectivity index (χ1) is 9.51. The monoisotopic (exact) mass is 272 g/mol. The molecule has 1 saturated heterocycles. The van der Waals surface area contributed by atoms with Crippen molar-refractivity contribution < 1.29 is 9.59 Å². The molecule has 0 aromatic heterocycles. The van der Waals surface area contributed by atoms with Gasteiger partial charge in [-0.2, -0.15) is 4.99 Å². The van der Waals surface area contributed by atoms with E-state index < -0.39 is 0 Å². The Kier molecular flexibility index (Phi) is 4.35. The van der Waals surface area contributed by atoms with Crippen LogP contribution in [0.4, 0.5) is 5.69 Å². The molecule has 1 heterocycles. The first-order valence-electron chi connectivity index (χ1n) is 6.99. The van der Waals surface area contributed by atoms with Gasteiger partial charge >= 0.3 is 0 Å². The van der Waals surface area contributed by atoms with Gasteiger partial charge < -0.3 is 4.90 Å². The van der Waals surface area contributed by atoms with Gasteiger partial charge in [-0.3, -0.25) is 4.79 Å². The zero-order valence-corrected chi connectivity index (χ0v) is 12.2. The van der Waals surface area contributed by atoms with Crippen molar-refractivity contribution >= 4 is 17.7 Å². The lowest BCUT2D eigenvalue weighted by Crippen LogP contribution is -2.42. The molecule has 20 heavy (non-hydrogen) atoms. The van der Waals surface area contributed by atoms with E-state index in [0.717, 1.165) is 25.1 Å². The molecule has 0 bridgehead atoms. The third-order valence-corrected chi connectivity index (χ3v) is 3.70. The Morgan fingerprint density at radius 2 is 1.95 bits per heavy atom. The van der Waals surface area contributed by atoms with Crippen LogP contribution < -0.4 is 0 Å². The number of hydrogen-bond donors (Lipinski definition) is 0. The zero-order valence-electron chi connectivity index (χ0n) is 12.2. The molecule has 0 radical (unpaired) electrons. The normalized spacial score (nSPS) is 22.2. The number of likely N-dealkylation sites (tertiary alicyclic amines) is 1. The average Bonchev–Trinajstić information content (AvgIpc) is 2.39. The molecule has 1 amide bonds. The first kappa shape index (κ1) is 14.5. The molecule has 4 heteroatoms. The van der Waals surface area contributed by atoms with Crippen molar-refractivity contribution in [3.63, 3.8) is 0 Å². The molecule has 0 unspecified atom stereocenters. The van der Waals surface area contributed by atoms with E-state index in [0.29, 0.717) is 23.1 Å². The average molecular weight is 272 g/mol. The Balaban J connectivity index is 2.32. The summed E-state index contributed by atoms with van der Waals surface area (Å²) in [6.45, 7) is 7.78. The van der Waals surface area contributed by atoms with Crippen molar-refractivity contribution in [1.29, 1.82) is 0 Å². The summed E-state index contributed by atoms with van der Waals surface area (Å²) in [6.07, 6.45) is 2.67. The van der Waals surface area contributed by atoms with Gasteiger partial charge in [0.25, 0.3) is 5.91 Å². The van der Waals surface area contributed by atoms with Crippen LogP contribution in [0.2, 0.25) is 0 Å². The standard InChI is InChI=1S/C16H20N2O2/c1-11-4-5-15(17-10-19)14(7-11)16(20)18-8-12(2)6-13(3)9-18/h4-5,7,12-13H,6,8-9H2,1-3H3/t12-,13+. The van der Waals surface area contributed by atoms with Crippen LogP contribution in [0.25, 0.3) is 0 Å². The van der Waals surface area contributed by atoms with E-state index in [4.69, 9.17) is 0 Å². The van der Waals surface area contributed by atoms with Gasteiger partial charge in [-0.05, 0) is 37.3 Å². The van der Waals surface area contributed by atoms with Gasteiger partial charge in [0.05, 0.1) is 11.3 Å². The predicted octanol–water partition coefficient (Wildman–Crippen LogP) is 3.08. The second-order valence-electron chi connectivity index (χ2n) is 5.88. The number of aryl methyl sites for hydroxylation is 1. The van der Waals surface area contributed by atoms with Crippen molar-refractivity contribution in [3.8, 4) is 0 Å². The molecule has 1 aliphatic heterocycles. The van der Waals surface area contributed by atoms with Crippen LogP contribution in [-0.4, -0.2) is 30.0 Å². The summed E-state index contributed by atoms with van der Waals surface area (Å²) in [7, 11) is 0. The van der Waals surface area contributed by atoms with E-state index in [-0.39, 0.29) is 5.91 Å². The Hall–Kier alpha value is -1.93.